The van der Waals surface area contributed by atoms with Crippen LogP contribution in [0.5, 0.6) is 0 Å². The van der Waals surface area contributed by atoms with E-state index in [2.05, 4.69) is 19.1 Å². The first-order valence-electron chi connectivity index (χ1n) is 7.04. The minimum absolute atomic E-state index is 0.949. The van der Waals surface area contributed by atoms with Gasteiger partial charge in [-0.05, 0) is 25.2 Å². The summed E-state index contributed by atoms with van der Waals surface area (Å²) in [7, 11) is 0. The van der Waals surface area contributed by atoms with Crippen molar-refractivity contribution in [1.29, 1.82) is 0 Å². The lowest BCUT2D eigenvalue weighted by Gasteiger charge is -2.09. The maximum Gasteiger partial charge on any atom is -0.0325 e. The standard InChI is InChI=1S/C7H12.4C2H6/c1-7-5-3-2-4-6-7;4*1-2/h2-3,7H,4-6H2,1H3;4*1-2H3. The summed E-state index contributed by atoms with van der Waals surface area (Å²) in [6, 6.07) is 0. The van der Waals surface area contributed by atoms with Crippen LogP contribution < -0.4 is 0 Å². The zero-order chi connectivity index (χ0) is 13.1. The predicted octanol–water partition coefficient (Wildman–Crippen LogP) is 6.47. The Balaban J connectivity index is -0.0000000650. The van der Waals surface area contributed by atoms with E-state index in [1.54, 1.807) is 0 Å². The summed E-state index contributed by atoms with van der Waals surface area (Å²) >= 11 is 0. The smallest absolute Gasteiger partial charge is 0.0325 e. The molecule has 0 aliphatic heterocycles. The Morgan fingerprint density at radius 3 is 1.27 bits per heavy atom. The summed E-state index contributed by atoms with van der Waals surface area (Å²) in [5.74, 6) is 0.949. The van der Waals surface area contributed by atoms with Gasteiger partial charge in [0.15, 0.2) is 0 Å². The van der Waals surface area contributed by atoms with Gasteiger partial charge in [-0.25, -0.2) is 0 Å². The highest BCUT2D eigenvalue weighted by atomic mass is 14.1. The zero-order valence-electron chi connectivity index (χ0n) is 12.9. The molecule has 1 rings (SSSR count). The molecule has 15 heavy (non-hydrogen) atoms. The van der Waals surface area contributed by atoms with Crippen LogP contribution in [0, 0.1) is 5.92 Å². The average Bonchev–Trinajstić information content (AvgIpc) is 2.40. The third-order valence-electron chi connectivity index (χ3n) is 1.53. The summed E-state index contributed by atoms with van der Waals surface area (Å²) in [6.07, 6.45) is 8.58. The molecule has 1 aliphatic carbocycles. The number of hydrogen-bond donors (Lipinski definition) is 0. The molecule has 1 atom stereocenters. The second-order valence-electron chi connectivity index (χ2n) is 2.39. The van der Waals surface area contributed by atoms with Crippen molar-refractivity contribution in [2.45, 2.75) is 81.6 Å². The van der Waals surface area contributed by atoms with Gasteiger partial charge in [0.05, 0.1) is 0 Å². The van der Waals surface area contributed by atoms with E-state index in [1.807, 2.05) is 55.4 Å². The van der Waals surface area contributed by atoms with Crippen LogP contribution in [0.3, 0.4) is 0 Å². The third kappa shape index (κ3) is 31.6. The maximum atomic E-state index is 2.31. The minimum atomic E-state index is 0.949. The minimum Gasteiger partial charge on any atom is -0.0885 e. The van der Waals surface area contributed by atoms with E-state index < -0.39 is 0 Å². The third-order valence-corrected chi connectivity index (χ3v) is 1.53. The summed E-state index contributed by atoms with van der Waals surface area (Å²) in [4.78, 5) is 0. The van der Waals surface area contributed by atoms with Crippen LogP contribution in [0.15, 0.2) is 12.2 Å². The SMILES string of the molecule is CC.CC.CC.CC.CC1CC=CCC1. The molecule has 0 bridgehead atoms. The van der Waals surface area contributed by atoms with Crippen molar-refractivity contribution < 1.29 is 0 Å². The first-order chi connectivity index (χ1) is 7.39. The first kappa shape index (κ1) is 24.1. The molecule has 0 saturated heterocycles. The predicted molar refractivity (Wildman–Crippen MR) is 77.5 cm³/mol. The summed E-state index contributed by atoms with van der Waals surface area (Å²) in [5, 5.41) is 0. The van der Waals surface area contributed by atoms with Crippen molar-refractivity contribution in [2.75, 3.05) is 0 Å². The summed E-state index contributed by atoms with van der Waals surface area (Å²) < 4.78 is 0. The molecule has 0 fully saturated rings. The molecular weight excluding hydrogens is 180 g/mol. The molecular formula is C15H36. The van der Waals surface area contributed by atoms with Gasteiger partial charge >= 0.3 is 0 Å². The van der Waals surface area contributed by atoms with Crippen molar-refractivity contribution >= 4 is 0 Å². The fraction of sp³-hybridized carbons (Fsp3) is 0.867. The molecule has 0 aromatic rings. The second-order valence-corrected chi connectivity index (χ2v) is 2.39. The van der Waals surface area contributed by atoms with E-state index in [0.717, 1.165) is 5.92 Å². The Morgan fingerprint density at radius 2 is 1.13 bits per heavy atom. The Labute approximate surface area is 100 Å². The molecule has 0 spiro atoms. The largest absolute Gasteiger partial charge is 0.0885 e. The molecule has 0 amide bonds. The van der Waals surface area contributed by atoms with E-state index in [-0.39, 0.29) is 0 Å². The lowest BCUT2D eigenvalue weighted by Crippen LogP contribution is -1.94. The lowest BCUT2D eigenvalue weighted by molar-refractivity contribution is 0.527. The fourth-order valence-corrected chi connectivity index (χ4v) is 0.945. The summed E-state index contributed by atoms with van der Waals surface area (Å²) in [5.41, 5.74) is 0. The molecule has 0 heterocycles. The zero-order valence-corrected chi connectivity index (χ0v) is 12.9. The van der Waals surface area contributed by atoms with E-state index in [0.29, 0.717) is 0 Å². The van der Waals surface area contributed by atoms with E-state index in [9.17, 15) is 0 Å². The highest BCUT2D eigenvalue weighted by molar-refractivity contribution is 4.88. The van der Waals surface area contributed by atoms with E-state index in [1.165, 1.54) is 19.3 Å². The van der Waals surface area contributed by atoms with Crippen LogP contribution in [0.25, 0.3) is 0 Å². The van der Waals surface area contributed by atoms with Gasteiger partial charge in [0, 0.05) is 0 Å². The highest BCUT2D eigenvalue weighted by Gasteiger charge is 2.00. The molecule has 1 aliphatic rings. The molecule has 0 N–H and O–H groups in total. The van der Waals surface area contributed by atoms with Gasteiger partial charge in [0.25, 0.3) is 0 Å². The van der Waals surface area contributed by atoms with Crippen LogP contribution >= 0.6 is 0 Å². The van der Waals surface area contributed by atoms with Crippen molar-refractivity contribution in [3.05, 3.63) is 12.2 Å². The summed E-state index contributed by atoms with van der Waals surface area (Å²) in [6.45, 7) is 18.3. The van der Waals surface area contributed by atoms with Crippen molar-refractivity contribution in [3.8, 4) is 0 Å². The first-order valence-corrected chi connectivity index (χ1v) is 7.04. The molecule has 0 saturated carbocycles. The van der Waals surface area contributed by atoms with Crippen molar-refractivity contribution in [1.82, 2.24) is 0 Å². The Hall–Kier alpha value is -0.260. The van der Waals surface area contributed by atoms with Crippen molar-refractivity contribution in [3.63, 3.8) is 0 Å². The normalized spacial score (nSPS) is 15.9. The number of allylic oxidation sites excluding steroid dienone is 2. The quantitative estimate of drug-likeness (QED) is 0.407. The van der Waals surface area contributed by atoms with E-state index >= 15 is 0 Å². The van der Waals surface area contributed by atoms with Gasteiger partial charge < -0.3 is 0 Å². The van der Waals surface area contributed by atoms with Gasteiger partial charge in [-0.2, -0.15) is 0 Å². The Bertz CT molecular complexity index is 72.1. The molecule has 0 aromatic carbocycles. The Kier molecular flexibility index (Phi) is 59.9. The van der Waals surface area contributed by atoms with Gasteiger partial charge in [0.1, 0.15) is 0 Å². The maximum absolute atomic E-state index is 2.31. The lowest BCUT2D eigenvalue weighted by atomic mass is 9.97. The van der Waals surface area contributed by atoms with Gasteiger partial charge in [-0.3, -0.25) is 0 Å². The molecule has 0 radical (unpaired) electrons. The van der Waals surface area contributed by atoms with Crippen LogP contribution in [-0.4, -0.2) is 0 Å². The van der Waals surface area contributed by atoms with E-state index in [4.69, 9.17) is 0 Å². The Morgan fingerprint density at radius 1 is 0.733 bits per heavy atom. The van der Waals surface area contributed by atoms with Crippen LogP contribution in [0.4, 0.5) is 0 Å². The molecule has 0 nitrogen and oxygen atoms in total. The second kappa shape index (κ2) is 37.2. The average molecular weight is 216 g/mol. The van der Waals surface area contributed by atoms with Crippen LogP contribution in [-0.2, 0) is 0 Å². The molecule has 96 valence electrons. The monoisotopic (exact) mass is 216 g/mol. The number of rotatable bonds is 0. The molecule has 1 unspecified atom stereocenters. The highest BCUT2D eigenvalue weighted by Crippen LogP contribution is 2.15. The van der Waals surface area contributed by atoms with Gasteiger partial charge in [-0.15, -0.1) is 0 Å². The fourth-order valence-electron chi connectivity index (χ4n) is 0.945. The van der Waals surface area contributed by atoms with Crippen LogP contribution in [0.1, 0.15) is 81.6 Å². The number of hydrogen-bond acceptors (Lipinski definition) is 0. The van der Waals surface area contributed by atoms with Crippen LogP contribution in [0.2, 0.25) is 0 Å². The molecule has 0 heteroatoms. The van der Waals surface area contributed by atoms with Gasteiger partial charge in [0.2, 0.25) is 0 Å². The topological polar surface area (TPSA) is 0 Å². The molecule has 0 aromatic heterocycles. The van der Waals surface area contributed by atoms with Gasteiger partial charge in [-0.1, -0.05) is 74.5 Å². The van der Waals surface area contributed by atoms with Crippen molar-refractivity contribution in [2.24, 2.45) is 5.92 Å².